The summed E-state index contributed by atoms with van der Waals surface area (Å²) in [7, 11) is 1.47. The van der Waals surface area contributed by atoms with Crippen LogP contribution in [0.5, 0.6) is 11.5 Å². The molecule has 3 aromatic rings. The zero-order chi connectivity index (χ0) is 19.9. The number of pyridine rings is 1. The van der Waals surface area contributed by atoms with Crippen molar-refractivity contribution in [1.82, 2.24) is 10.3 Å². The van der Waals surface area contributed by atoms with Crippen molar-refractivity contribution in [1.29, 1.82) is 0 Å². The van der Waals surface area contributed by atoms with E-state index in [1.807, 2.05) is 42.5 Å². The molecule has 2 aromatic carbocycles. The predicted molar refractivity (Wildman–Crippen MR) is 109 cm³/mol. The van der Waals surface area contributed by atoms with Crippen molar-refractivity contribution in [2.24, 2.45) is 0 Å². The quantitative estimate of drug-likeness (QED) is 0.594. The van der Waals surface area contributed by atoms with E-state index in [0.29, 0.717) is 30.2 Å². The Morgan fingerprint density at radius 3 is 2.54 bits per heavy atom. The average Bonchev–Trinajstić information content (AvgIpc) is 2.71. The van der Waals surface area contributed by atoms with E-state index in [1.165, 1.54) is 19.2 Å². The zero-order valence-corrected chi connectivity index (χ0v) is 16.6. The molecule has 144 valence electrons. The lowest BCUT2D eigenvalue weighted by Gasteiger charge is -2.11. The highest BCUT2D eigenvalue weighted by Gasteiger charge is 2.13. The first-order chi connectivity index (χ1) is 13.6. The Kier molecular flexibility index (Phi) is 6.74. The predicted octanol–water partition coefficient (Wildman–Crippen LogP) is 4.91. The third kappa shape index (κ3) is 5.15. The normalized spacial score (nSPS) is 10.4. The van der Waals surface area contributed by atoms with Crippen molar-refractivity contribution < 1.29 is 14.3 Å². The summed E-state index contributed by atoms with van der Waals surface area (Å²) in [6.07, 6.45) is 1.72. The number of carbonyl (C=O) groups excluding carboxylic acids is 1. The minimum absolute atomic E-state index is 0.282. The monoisotopic (exact) mass is 416 g/mol. The number of halogens is 2. The van der Waals surface area contributed by atoms with Gasteiger partial charge in [0, 0.05) is 18.3 Å². The van der Waals surface area contributed by atoms with Crippen LogP contribution < -0.4 is 14.8 Å². The molecule has 0 fully saturated rings. The topological polar surface area (TPSA) is 60.5 Å². The molecule has 1 heterocycles. The van der Waals surface area contributed by atoms with Crippen LogP contribution in [0.15, 0.2) is 60.8 Å². The number of carbonyl (C=O) groups is 1. The lowest BCUT2D eigenvalue weighted by atomic mass is 10.1. The fourth-order valence-electron chi connectivity index (χ4n) is 2.56. The third-order valence-electron chi connectivity index (χ3n) is 3.93. The van der Waals surface area contributed by atoms with Gasteiger partial charge in [0.1, 0.15) is 12.4 Å². The smallest absolute Gasteiger partial charge is 0.251 e. The molecule has 1 N–H and O–H groups in total. The van der Waals surface area contributed by atoms with Crippen LogP contribution in [0.1, 0.15) is 21.6 Å². The fourth-order valence-corrected chi connectivity index (χ4v) is 3.20. The van der Waals surface area contributed by atoms with Gasteiger partial charge in [0.25, 0.3) is 5.91 Å². The highest BCUT2D eigenvalue weighted by molar-refractivity contribution is 6.37. The summed E-state index contributed by atoms with van der Waals surface area (Å²) in [6, 6.07) is 16.2. The molecular weight excluding hydrogens is 399 g/mol. The first kappa shape index (κ1) is 20.0. The van der Waals surface area contributed by atoms with E-state index in [2.05, 4.69) is 10.3 Å². The van der Waals surface area contributed by atoms with E-state index in [9.17, 15) is 4.79 Å². The number of hydrogen-bond acceptors (Lipinski definition) is 4. The lowest BCUT2D eigenvalue weighted by Crippen LogP contribution is -2.22. The van der Waals surface area contributed by atoms with Gasteiger partial charge >= 0.3 is 0 Å². The number of amides is 1. The van der Waals surface area contributed by atoms with Crippen molar-refractivity contribution in [3.05, 3.63) is 87.7 Å². The van der Waals surface area contributed by atoms with Gasteiger partial charge in [-0.15, -0.1) is 0 Å². The first-order valence-corrected chi connectivity index (χ1v) is 9.25. The van der Waals surface area contributed by atoms with Crippen molar-refractivity contribution in [2.45, 2.75) is 13.2 Å². The minimum Gasteiger partial charge on any atom is -0.494 e. The number of nitrogens with zero attached hydrogens (tertiary/aromatic N) is 1. The standard InChI is InChI=1S/C21H18Cl2N2O3/c1-27-20-18(22)10-15(11-19(20)23)21(26)25-12-14-5-4-7-17(9-14)28-13-16-6-2-3-8-24-16/h2-11H,12-13H2,1H3,(H,25,26). The molecule has 0 spiro atoms. The van der Waals surface area contributed by atoms with Crippen LogP contribution in [-0.4, -0.2) is 18.0 Å². The zero-order valence-electron chi connectivity index (χ0n) is 15.1. The van der Waals surface area contributed by atoms with Gasteiger partial charge in [0.05, 0.1) is 22.8 Å². The van der Waals surface area contributed by atoms with Crippen LogP contribution in [0, 0.1) is 0 Å². The number of nitrogens with one attached hydrogen (secondary N) is 1. The molecular formula is C21H18Cl2N2O3. The highest BCUT2D eigenvalue weighted by Crippen LogP contribution is 2.33. The number of benzene rings is 2. The van der Waals surface area contributed by atoms with Crippen LogP contribution in [0.25, 0.3) is 0 Å². The van der Waals surface area contributed by atoms with E-state index in [4.69, 9.17) is 32.7 Å². The summed E-state index contributed by atoms with van der Waals surface area (Å²) in [5.74, 6) is 0.761. The Morgan fingerprint density at radius 1 is 1.07 bits per heavy atom. The summed E-state index contributed by atoms with van der Waals surface area (Å²) in [4.78, 5) is 16.6. The molecule has 0 aliphatic rings. The second-order valence-electron chi connectivity index (χ2n) is 5.91. The summed E-state index contributed by atoms with van der Waals surface area (Å²) in [6.45, 7) is 0.709. The van der Waals surface area contributed by atoms with Crippen molar-refractivity contribution in [3.63, 3.8) is 0 Å². The van der Waals surface area contributed by atoms with E-state index in [1.54, 1.807) is 6.20 Å². The maximum atomic E-state index is 12.4. The maximum Gasteiger partial charge on any atom is 0.251 e. The number of hydrogen-bond donors (Lipinski definition) is 1. The van der Waals surface area contributed by atoms with Crippen molar-refractivity contribution >= 4 is 29.1 Å². The van der Waals surface area contributed by atoms with Gasteiger partial charge in [-0.3, -0.25) is 9.78 Å². The highest BCUT2D eigenvalue weighted by atomic mass is 35.5. The maximum absolute atomic E-state index is 12.4. The second kappa shape index (κ2) is 9.44. The van der Waals surface area contributed by atoms with Crippen LogP contribution in [-0.2, 0) is 13.2 Å². The van der Waals surface area contributed by atoms with E-state index < -0.39 is 0 Å². The number of rotatable bonds is 7. The molecule has 0 radical (unpaired) electrons. The minimum atomic E-state index is -0.286. The second-order valence-corrected chi connectivity index (χ2v) is 6.73. The van der Waals surface area contributed by atoms with Crippen LogP contribution in [0.3, 0.4) is 0 Å². The van der Waals surface area contributed by atoms with Gasteiger partial charge in [0.15, 0.2) is 5.75 Å². The molecule has 0 atom stereocenters. The average molecular weight is 417 g/mol. The van der Waals surface area contributed by atoms with E-state index in [0.717, 1.165) is 11.3 Å². The molecule has 0 aliphatic carbocycles. The Morgan fingerprint density at radius 2 is 1.86 bits per heavy atom. The van der Waals surface area contributed by atoms with Gasteiger partial charge in [0.2, 0.25) is 0 Å². The Balaban J connectivity index is 1.61. The fraction of sp³-hybridized carbons (Fsp3) is 0.143. The van der Waals surface area contributed by atoms with Crippen molar-refractivity contribution in [3.8, 4) is 11.5 Å². The van der Waals surface area contributed by atoms with Crippen LogP contribution in [0.4, 0.5) is 0 Å². The molecule has 0 aliphatic heterocycles. The summed E-state index contributed by atoms with van der Waals surface area (Å²) in [5, 5.41) is 3.41. The third-order valence-corrected chi connectivity index (χ3v) is 4.49. The van der Waals surface area contributed by atoms with Gasteiger partial charge < -0.3 is 14.8 Å². The molecule has 0 saturated carbocycles. The molecule has 28 heavy (non-hydrogen) atoms. The first-order valence-electron chi connectivity index (χ1n) is 8.49. The molecule has 1 amide bonds. The SMILES string of the molecule is COc1c(Cl)cc(C(=O)NCc2cccc(OCc3ccccn3)c2)cc1Cl. The molecule has 0 saturated heterocycles. The van der Waals surface area contributed by atoms with E-state index >= 15 is 0 Å². The van der Waals surface area contributed by atoms with E-state index in [-0.39, 0.29) is 16.0 Å². The largest absolute Gasteiger partial charge is 0.494 e. The Hall–Kier alpha value is -2.76. The number of methoxy groups -OCH3 is 1. The van der Waals surface area contributed by atoms with Crippen LogP contribution in [0.2, 0.25) is 10.0 Å². The molecule has 1 aromatic heterocycles. The van der Waals surface area contributed by atoms with Crippen LogP contribution >= 0.6 is 23.2 Å². The Labute approximate surface area is 173 Å². The molecule has 0 bridgehead atoms. The summed E-state index contributed by atoms with van der Waals surface area (Å²) >= 11 is 12.2. The molecule has 3 rings (SSSR count). The number of aromatic nitrogens is 1. The molecule has 5 nitrogen and oxygen atoms in total. The summed E-state index contributed by atoms with van der Waals surface area (Å²) < 4.78 is 10.9. The van der Waals surface area contributed by atoms with Gasteiger partial charge in [-0.1, -0.05) is 41.4 Å². The van der Waals surface area contributed by atoms with Gasteiger partial charge in [-0.05, 0) is 42.0 Å². The summed E-state index contributed by atoms with van der Waals surface area (Å²) in [5.41, 5.74) is 2.10. The van der Waals surface area contributed by atoms with Gasteiger partial charge in [-0.25, -0.2) is 0 Å². The molecule has 7 heteroatoms. The van der Waals surface area contributed by atoms with Gasteiger partial charge in [-0.2, -0.15) is 0 Å². The lowest BCUT2D eigenvalue weighted by molar-refractivity contribution is 0.0951. The van der Waals surface area contributed by atoms with Crippen molar-refractivity contribution in [2.75, 3.05) is 7.11 Å². The molecule has 0 unspecified atom stereocenters. The number of ether oxygens (including phenoxy) is 2. The Bertz CT molecular complexity index is 942.